The molecule has 0 saturated heterocycles. The van der Waals surface area contributed by atoms with Gasteiger partial charge in [0.15, 0.2) is 0 Å². The van der Waals surface area contributed by atoms with Crippen molar-refractivity contribution >= 4 is 0 Å². The van der Waals surface area contributed by atoms with Crippen LogP contribution < -0.4 is 0 Å². The molecule has 0 saturated carbocycles. The van der Waals surface area contributed by atoms with Gasteiger partial charge in [0, 0.05) is 24.7 Å². The van der Waals surface area contributed by atoms with Crippen molar-refractivity contribution in [3.05, 3.63) is 144 Å². The van der Waals surface area contributed by atoms with Crippen molar-refractivity contribution in [2.75, 3.05) is 0 Å². The van der Waals surface area contributed by atoms with Crippen LogP contribution in [0.2, 0.25) is 0 Å². The average Bonchev–Trinajstić information content (AvgIpc) is 2.88. The lowest BCUT2D eigenvalue weighted by Crippen LogP contribution is -1.99. The summed E-state index contributed by atoms with van der Waals surface area (Å²) in [5, 5.41) is 17.8. The minimum atomic E-state index is 0. The van der Waals surface area contributed by atoms with Gasteiger partial charge in [0.05, 0.1) is 12.1 Å². The van der Waals surface area contributed by atoms with E-state index in [4.69, 9.17) is 10.5 Å². The van der Waals surface area contributed by atoms with Gasteiger partial charge in [-0.1, -0.05) is 121 Å². The van der Waals surface area contributed by atoms with Crippen LogP contribution in [0, 0.1) is 22.7 Å². The summed E-state index contributed by atoms with van der Waals surface area (Å²) >= 11 is 0. The fraction of sp³-hybridized carbons (Fsp3) is 0.133. The van der Waals surface area contributed by atoms with Gasteiger partial charge in [-0.15, -0.1) is 0 Å². The summed E-state index contributed by atoms with van der Waals surface area (Å²) < 4.78 is 0. The first-order valence-corrected chi connectivity index (χ1v) is 10.8. The number of benzene rings is 4. The Balaban J connectivity index is 0.000000227. The van der Waals surface area contributed by atoms with Crippen LogP contribution in [0.15, 0.2) is 121 Å². The Kier molecular flexibility index (Phi) is 10.6. The van der Waals surface area contributed by atoms with Crippen molar-refractivity contribution < 1.29 is 5.48 Å². The second kappa shape index (κ2) is 14.0. The Labute approximate surface area is 196 Å². The van der Waals surface area contributed by atoms with Crippen LogP contribution >= 0.6 is 0 Å². The number of hydrogen-bond donors (Lipinski definition) is 0. The van der Waals surface area contributed by atoms with Crippen LogP contribution in [0.1, 0.15) is 46.9 Å². The number of nitriles is 2. The lowest BCUT2D eigenvalue weighted by atomic mass is 9.89. The van der Waals surface area contributed by atoms with Gasteiger partial charge in [0.2, 0.25) is 0 Å². The van der Waals surface area contributed by atoms with Crippen LogP contribution in [0.25, 0.3) is 0 Å². The second-order valence-corrected chi connectivity index (χ2v) is 7.47. The molecule has 2 N–H and O–H groups in total. The van der Waals surface area contributed by atoms with Gasteiger partial charge in [-0.25, -0.2) is 0 Å². The molecule has 0 fully saturated rings. The van der Waals surface area contributed by atoms with Gasteiger partial charge in [-0.05, 0) is 22.3 Å². The Morgan fingerprint density at radius 3 is 0.818 bits per heavy atom. The highest BCUT2D eigenvalue weighted by molar-refractivity contribution is 5.34. The zero-order chi connectivity index (χ0) is 22.4. The van der Waals surface area contributed by atoms with Crippen molar-refractivity contribution in [2.45, 2.75) is 24.7 Å². The molecule has 0 bridgehead atoms. The first-order valence-electron chi connectivity index (χ1n) is 10.8. The van der Waals surface area contributed by atoms with Gasteiger partial charge in [-0.2, -0.15) is 10.5 Å². The van der Waals surface area contributed by atoms with E-state index in [1.165, 1.54) is 22.3 Å². The van der Waals surface area contributed by atoms with Crippen LogP contribution in [-0.2, 0) is 0 Å². The van der Waals surface area contributed by atoms with Gasteiger partial charge >= 0.3 is 0 Å². The van der Waals surface area contributed by atoms with E-state index in [-0.39, 0.29) is 17.3 Å². The van der Waals surface area contributed by atoms with E-state index in [9.17, 15) is 0 Å². The van der Waals surface area contributed by atoms with E-state index >= 15 is 0 Å². The van der Waals surface area contributed by atoms with Crippen LogP contribution in [0.5, 0.6) is 0 Å². The van der Waals surface area contributed by atoms with Crippen LogP contribution in [0.4, 0.5) is 0 Å². The molecule has 0 aliphatic heterocycles. The maximum absolute atomic E-state index is 8.91. The molecule has 164 valence electrons. The van der Waals surface area contributed by atoms with Crippen LogP contribution in [-0.4, -0.2) is 5.48 Å². The molecule has 4 aromatic rings. The molecule has 0 aromatic heterocycles. The molecule has 0 radical (unpaired) electrons. The quantitative estimate of drug-likeness (QED) is 0.342. The minimum absolute atomic E-state index is 0. The summed E-state index contributed by atoms with van der Waals surface area (Å²) in [5.74, 6) is 0.375. The highest BCUT2D eigenvalue weighted by Gasteiger charge is 2.13. The summed E-state index contributed by atoms with van der Waals surface area (Å²) in [6, 6.07) is 45.3. The van der Waals surface area contributed by atoms with Crippen molar-refractivity contribution in [1.82, 2.24) is 0 Å². The third kappa shape index (κ3) is 7.47. The number of rotatable bonds is 6. The van der Waals surface area contributed by atoms with Gasteiger partial charge < -0.3 is 5.48 Å². The first kappa shape index (κ1) is 25.1. The summed E-state index contributed by atoms with van der Waals surface area (Å²) in [6.45, 7) is 0. The maximum atomic E-state index is 8.91. The Morgan fingerprint density at radius 1 is 0.424 bits per heavy atom. The smallest absolute Gasteiger partial charge is 0.0631 e. The first-order chi connectivity index (χ1) is 15.8. The Bertz CT molecular complexity index is 958. The van der Waals surface area contributed by atoms with Gasteiger partial charge in [0.1, 0.15) is 0 Å². The molecule has 4 aromatic carbocycles. The highest BCUT2D eigenvalue weighted by Crippen LogP contribution is 2.28. The summed E-state index contributed by atoms with van der Waals surface area (Å²) in [5.41, 5.74) is 4.82. The predicted octanol–water partition coefficient (Wildman–Crippen LogP) is 6.64. The third-order valence-corrected chi connectivity index (χ3v) is 5.40. The lowest BCUT2D eigenvalue weighted by Gasteiger charge is -2.14. The zero-order valence-electron chi connectivity index (χ0n) is 18.5. The largest absolute Gasteiger partial charge is 0.412 e. The molecule has 0 atom stereocenters. The molecular weight excluding hydrogens is 404 g/mol. The van der Waals surface area contributed by atoms with E-state index in [1.54, 1.807) is 0 Å². The summed E-state index contributed by atoms with van der Waals surface area (Å²) in [7, 11) is 0. The van der Waals surface area contributed by atoms with Crippen molar-refractivity contribution in [2.24, 2.45) is 0 Å². The molecule has 0 unspecified atom stereocenters. The predicted molar refractivity (Wildman–Crippen MR) is 134 cm³/mol. The summed E-state index contributed by atoms with van der Waals surface area (Å²) in [6.07, 6.45) is 1.04. The topological polar surface area (TPSA) is 79.1 Å². The number of hydrogen-bond acceptors (Lipinski definition) is 2. The van der Waals surface area contributed by atoms with E-state index < -0.39 is 0 Å². The van der Waals surface area contributed by atoms with E-state index in [1.807, 2.05) is 72.8 Å². The molecule has 3 heteroatoms. The molecule has 4 rings (SSSR count). The zero-order valence-corrected chi connectivity index (χ0v) is 18.5. The second-order valence-electron chi connectivity index (χ2n) is 7.47. The molecule has 0 amide bonds. The third-order valence-electron chi connectivity index (χ3n) is 5.40. The SMILES string of the molecule is N#CCC(c1ccccc1)c1ccccc1.N#CCC(c1ccccc1)c1ccccc1.O. The van der Waals surface area contributed by atoms with E-state index in [0.717, 1.165) is 0 Å². The molecule has 33 heavy (non-hydrogen) atoms. The normalized spacial score (nSPS) is 9.70. The monoisotopic (exact) mass is 432 g/mol. The van der Waals surface area contributed by atoms with Gasteiger partial charge in [0.25, 0.3) is 0 Å². The van der Waals surface area contributed by atoms with Crippen molar-refractivity contribution in [3.8, 4) is 12.1 Å². The molecule has 0 aliphatic rings. The van der Waals surface area contributed by atoms with Crippen LogP contribution in [0.3, 0.4) is 0 Å². The Morgan fingerprint density at radius 2 is 0.636 bits per heavy atom. The minimum Gasteiger partial charge on any atom is -0.412 e. The summed E-state index contributed by atoms with van der Waals surface area (Å²) in [4.78, 5) is 0. The average molecular weight is 433 g/mol. The molecule has 0 aliphatic carbocycles. The molecule has 0 spiro atoms. The fourth-order valence-electron chi connectivity index (χ4n) is 3.78. The lowest BCUT2D eigenvalue weighted by molar-refractivity contribution is 0.824. The Hall–Kier alpha value is -4.18. The maximum Gasteiger partial charge on any atom is 0.0631 e. The van der Waals surface area contributed by atoms with Gasteiger partial charge in [-0.3, -0.25) is 0 Å². The molecule has 0 heterocycles. The van der Waals surface area contributed by atoms with Crippen molar-refractivity contribution in [1.29, 1.82) is 10.5 Å². The molecular formula is C30H28N2O. The standard InChI is InChI=1S/2C15H13N.H2O/c2*16-12-11-15(13-7-3-1-4-8-13)14-9-5-2-6-10-14;/h2*1-10,15H,11H2;1H2. The fourth-order valence-corrected chi connectivity index (χ4v) is 3.78. The molecule has 3 nitrogen and oxygen atoms in total. The highest BCUT2D eigenvalue weighted by atomic mass is 16.0. The van der Waals surface area contributed by atoms with E-state index in [2.05, 4.69) is 60.7 Å². The number of nitrogens with zero attached hydrogens (tertiary/aromatic N) is 2. The van der Waals surface area contributed by atoms with E-state index in [0.29, 0.717) is 12.8 Å². The van der Waals surface area contributed by atoms with Crippen molar-refractivity contribution in [3.63, 3.8) is 0 Å².